The summed E-state index contributed by atoms with van der Waals surface area (Å²) in [6, 6.07) is 21.4. The third-order valence-corrected chi connectivity index (χ3v) is 7.73. The van der Waals surface area contributed by atoms with E-state index < -0.39 is 0 Å². The van der Waals surface area contributed by atoms with Crippen LogP contribution < -0.4 is 10.8 Å². The van der Waals surface area contributed by atoms with Crippen LogP contribution in [0.1, 0.15) is 30.4 Å². The maximum Gasteiger partial charge on any atom is 0.243 e. The molecule has 2 aromatic heterocycles. The van der Waals surface area contributed by atoms with E-state index in [0.717, 1.165) is 93.2 Å². The number of hydrogen-bond acceptors (Lipinski definition) is 8. The topological polar surface area (TPSA) is 119 Å². The number of hydroxylamine groups is 1. The smallest absolute Gasteiger partial charge is 0.243 e. The van der Waals surface area contributed by atoms with Gasteiger partial charge in [0, 0.05) is 64.5 Å². The molecule has 0 aliphatic carbocycles. The number of unbranched alkanes of at least 4 members (excludes halogenated alkanes) is 1. The maximum atomic E-state index is 11.0. The van der Waals surface area contributed by atoms with Crippen LogP contribution in [0.15, 0.2) is 67.0 Å². The Hall–Kier alpha value is -3.83. The molecule has 0 unspecified atom stereocenters. The lowest BCUT2D eigenvalue weighted by Crippen LogP contribution is -2.46. The molecular weight excluding hydrogens is 530 g/mol. The Morgan fingerprint density at radius 1 is 0.929 bits per heavy atom. The SMILES string of the molecule is O=C(CCCCOCCN1CCN(Cc2ccc(-c3cc4c(NCCc5ccccc5)ncnc4[nH]3)cc2)CC1)NO. The molecule has 1 aliphatic rings. The van der Waals surface area contributed by atoms with E-state index in [9.17, 15) is 4.79 Å². The summed E-state index contributed by atoms with van der Waals surface area (Å²) >= 11 is 0. The van der Waals surface area contributed by atoms with E-state index in [4.69, 9.17) is 9.94 Å². The number of hydrogen-bond donors (Lipinski definition) is 4. The fourth-order valence-corrected chi connectivity index (χ4v) is 5.27. The van der Waals surface area contributed by atoms with Crippen molar-refractivity contribution >= 4 is 22.8 Å². The summed E-state index contributed by atoms with van der Waals surface area (Å²) in [5.74, 6) is 0.510. The first-order chi connectivity index (χ1) is 20.7. The molecule has 1 fully saturated rings. The third-order valence-electron chi connectivity index (χ3n) is 7.73. The molecule has 4 N–H and O–H groups in total. The molecule has 3 heterocycles. The minimum Gasteiger partial charge on any atom is -0.380 e. The van der Waals surface area contributed by atoms with Crippen molar-refractivity contribution in [1.29, 1.82) is 0 Å². The van der Waals surface area contributed by atoms with Gasteiger partial charge in [-0.25, -0.2) is 15.4 Å². The van der Waals surface area contributed by atoms with Crippen molar-refractivity contribution in [3.8, 4) is 11.3 Å². The van der Waals surface area contributed by atoms with Gasteiger partial charge in [0.15, 0.2) is 0 Å². The molecule has 0 spiro atoms. The number of nitrogens with zero attached hydrogens (tertiary/aromatic N) is 4. The van der Waals surface area contributed by atoms with Crippen LogP contribution in [-0.2, 0) is 22.5 Å². The molecule has 2 aromatic carbocycles. The quantitative estimate of drug-likeness (QED) is 0.0958. The highest BCUT2D eigenvalue weighted by atomic mass is 16.5. The van der Waals surface area contributed by atoms with E-state index in [1.807, 2.05) is 6.07 Å². The Labute approximate surface area is 247 Å². The van der Waals surface area contributed by atoms with Crippen molar-refractivity contribution in [3.05, 3.63) is 78.1 Å². The molecule has 0 atom stereocenters. The van der Waals surface area contributed by atoms with Crippen LogP contribution in [-0.4, -0.2) is 88.3 Å². The molecular formula is C32H41N7O3. The van der Waals surface area contributed by atoms with Crippen molar-refractivity contribution in [1.82, 2.24) is 30.2 Å². The van der Waals surface area contributed by atoms with Gasteiger partial charge in [-0.05, 0) is 42.0 Å². The van der Waals surface area contributed by atoms with Gasteiger partial charge >= 0.3 is 0 Å². The zero-order valence-electron chi connectivity index (χ0n) is 24.1. The normalized spacial score (nSPS) is 14.3. The van der Waals surface area contributed by atoms with Gasteiger partial charge in [-0.2, -0.15) is 0 Å². The Kier molecular flexibility index (Phi) is 10.9. The molecule has 222 valence electrons. The van der Waals surface area contributed by atoms with Crippen molar-refractivity contribution in [2.75, 3.05) is 57.8 Å². The van der Waals surface area contributed by atoms with Crippen LogP contribution in [0, 0.1) is 0 Å². The second-order valence-corrected chi connectivity index (χ2v) is 10.7. The summed E-state index contributed by atoms with van der Waals surface area (Å²) in [5, 5.41) is 13.0. The highest BCUT2D eigenvalue weighted by Crippen LogP contribution is 2.27. The number of amides is 1. The number of benzene rings is 2. The largest absolute Gasteiger partial charge is 0.380 e. The second kappa shape index (κ2) is 15.4. The van der Waals surface area contributed by atoms with Gasteiger partial charge in [-0.15, -0.1) is 0 Å². The average Bonchev–Trinajstić information content (AvgIpc) is 3.47. The first-order valence-electron chi connectivity index (χ1n) is 14.8. The van der Waals surface area contributed by atoms with Crippen molar-refractivity contribution in [3.63, 3.8) is 0 Å². The van der Waals surface area contributed by atoms with E-state index in [-0.39, 0.29) is 5.91 Å². The molecule has 1 amide bonds. The predicted molar refractivity (Wildman–Crippen MR) is 164 cm³/mol. The average molecular weight is 572 g/mol. The third kappa shape index (κ3) is 8.59. The zero-order chi connectivity index (χ0) is 29.0. The minimum absolute atomic E-state index is 0.331. The summed E-state index contributed by atoms with van der Waals surface area (Å²) < 4.78 is 5.72. The van der Waals surface area contributed by atoms with Crippen LogP contribution in [0.4, 0.5) is 5.82 Å². The molecule has 10 nitrogen and oxygen atoms in total. The first-order valence-corrected chi connectivity index (χ1v) is 14.8. The summed E-state index contributed by atoms with van der Waals surface area (Å²) in [5.41, 5.74) is 7.27. The number of ether oxygens (including phenoxy) is 1. The molecule has 0 bridgehead atoms. The number of carbonyl (C=O) groups is 1. The molecule has 10 heteroatoms. The number of aromatic amines is 1. The number of carbonyl (C=O) groups excluding carboxylic acids is 1. The Balaban J connectivity index is 1.04. The first kappa shape index (κ1) is 29.7. The number of rotatable bonds is 15. The van der Waals surface area contributed by atoms with Crippen LogP contribution in [0.5, 0.6) is 0 Å². The number of nitrogens with one attached hydrogen (secondary N) is 3. The highest BCUT2D eigenvalue weighted by Gasteiger charge is 2.17. The monoisotopic (exact) mass is 571 g/mol. The Morgan fingerprint density at radius 3 is 2.50 bits per heavy atom. The van der Waals surface area contributed by atoms with Crippen molar-refractivity contribution in [2.45, 2.75) is 32.2 Å². The van der Waals surface area contributed by atoms with Gasteiger partial charge in [-0.3, -0.25) is 19.8 Å². The Bertz CT molecular complexity index is 1390. The molecule has 1 aliphatic heterocycles. The van der Waals surface area contributed by atoms with E-state index in [0.29, 0.717) is 19.6 Å². The maximum absolute atomic E-state index is 11.0. The van der Waals surface area contributed by atoms with Gasteiger partial charge in [-0.1, -0.05) is 54.6 Å². The minimum atomic E-state index is -0.342. The predicted octanol–water partition coefficient (Wildman–Crippen LogP) is 4.09. The van der Waals surface area contributed by atoms with Crippen molar-refractivity contribution < 1.29 is 14.7 Å². The van der Waals surface area contributed by atoms with Gasteiger partial charge in [0.1, 0.15) is 17.8 Å². The molecule has 1 saturated heterocycles. The molecule has 0 saturated carbocycles. The van der Waals surface area contributed by atoms with Gasteiger partial charge in [0.05, 0.1) is 12.0 Å². The molecule has 0 radical (unpaired) electrons. The molecule has 4 aromatic rings. The van der Waals surface area contributed by atoms with Gasteiger partial charge in [0.25, 0.3) is 0 Å². The highest BCUT2D eigenvalue weighted by molar-refractivity contribution is 5.91. The summed E-state index contributed by atoms with van der Waals surface area (Å²) in [6.45, 7) is 8.19. The summed E-state index contributed by atoms with van der Waals surface area (Å²) in [6.07, 6.45) is 4.41. The van der Waals surface area contributed by atoms with Crippen LogP contribution >= 0.6 is 0 Å². The summed E-state index contributed by atoms with van der Waals surface area (Å²) in [4.78, 5) is 28.4. The number of H-pyrrole nitrogens is 1. The van der Waals surface area contributed by atoms with E-state index in [2.05, 4.69) is 84.7 Å². The zero-order valence-corrected chi connectivity index (χ0v) is 24.1. The fraction of sp³-hybridized carbons (Fsp3) is 0.406. The Morgan fingerprint density at radius 2 is 1.71 bits per heavy atom. The van der Waals surface area contributed by atoms with E-state index in [1.54, 1.807) is 11.8 Å². The number of fused-ring (bicyclic) bond motifs is 1. The van der Waals surface area contributed by atoms with E-state index >= 15 is 0 Å². The van der Waals surface area contributed by atoms with Crippen LogP contribution in [0.25, 0.3) is 22.3 Å². The number of piperazine rings is 1. The van der Waals surface area contributed by atoms with Crippen LogP contribution in [0.3, 0.4) is 0 Å². The number of anilines is 1. The van der Waals surface area contributed by atoms with Crippen LogP contribution in [0.2, 0.25) is 0 Å². The second-order valence-electron chi connectivity index (χ2n) is 10.7. The summed E-state index contributed by atoms with van der Waals surface area (Å²) in [7, 11) is 0. The van der Waals surface area contributed by atoms with Crippen molar-refractivity contribution in [2.24, 2.45) is 0 Å². The standard InChI is InChI=1S/C32H41N7O3/c40-30(37-41)8-4-5-20-42-21-19-38-15-17-39(18-16-38)23-26-9-11-27(12-10-26)29-22-28-31(34-24-35-32(28)36-29)33-14-13-25-6-2-1-3-7-25/h1-3,6-7,9-12,22,24,41H,4-5,8,13-21,23H2,(H,37,40)(H2,33,34,35,36). The fourth-order valence-electron chi connectivity index (χ4n) is 5.27. The van der Waals surface area contributed by atoms with Gasteiger partial charge < -0.3 is 15.0 Å². The molecule has 5 rings (SSSR count). The molecule has 42 heavy (non-hydrogen) atoms. The lowest BCUT2D eigenvalue weighted by molar-refractivity contribution is -0.129. The van der Waals surface area contributed by atoms with E-state index in [1.165, 1.54) is 11.1 Å². The van der Waals surface area contributed by atoms with Gasteiger partial charge in [0.2, 0.25) is 5.91 Å². The number of aromatic nitrogens is 3. The lowest BCUT2D eigenvalue weighted by atomic mass is 10.1. The lowest BCUT2D eigenvalue weighted by Gasteiger charge is -2.34.